The Morgan fingerprint density at radius 3 is 2.53 bits per heavy atom. The lowest BCUT2D eigenvalue weighted by Gasteiger charge is -2.29. The molecule has 82 valence electrons. The number of likely N-dealkylation sites (tertiary alicyclic amines) is 1. The molecule has 1 aliphatic rings. The highest BCUT2D eigenvalue weighted by atomic mass is 16.3. The van der Waals surface area contributed by atoms with E-state index >= 15 is 0 Å². The highest BCUT2D eigenvalue weighted by Gasteiger charge is 2.16. The molecule has 4 heteroatoms. The number of aliphatic hydroxyl groups is 1. The maximum absolute atomic E-state index is 9.38. The van der Waals surface area contributed by atoms with Gasteiger partial charge >= 0.3 is 0 Å². The van der Waals surface area contributed by atoms with Gasteiger partial charge in [0, 0.05) is 37.6 Å². The van der Waals surface area contributed by atoms with Crippen LogP contribution < -0.4 is 0 Å². The van der Waals surface area contributed by atoms with Crippen molar-refractivity contribution in [3.8, 4) is 0 Å². The Labute approximate surface area is 90.0 Å². The molecule has 0 unspecified atom stereocenters. The average molecular weight is 207 g/mol. The van der Waals surface area contributed by atoms with E-state index in [1.165, 1.54) is 0 Å². The number of hydrogen-bond acceptors (Lipinski definition) is 4. The maximum Gasteiger partial charge on any atom is 0.125 e. The molecule has 0 bridgehead atoms. The molecule has 2 rings (SSSR count). The van der Waals surface area contributed by atoms with Crippen molar-refractivity contribution in [2.75, 3.05) is 13.1 Å². The van der Waals surface area contributed by atoms with Crippen molar-refractivity contribution in [1.82, 2.24) is 14.9 Å². The van der Waals surface area contributed by atoms with Crippen LogP contribution in [0, 0.1) is 6.92 Å². The van der Waals surface area contributed by atoms with Crippen LogP contribution in [0.3, 0.4) is 0 Å². The van der Waals surface area contributed by atoms with Gasteiger partial charge in [0.25, 0.3) is 0 Å². The van der Waals surface area contributed by atoms with Gasteiger partial charge in [-0.25, -0.2) is 9.97 Å². The van der Waals surface area contributed by atoms with E-state index in [1.807, 2.05) is 19.3 Å². The third kappa shape index (κ3) is 2.97. The Balaban J connectivity index is 1.89. The third-order valence-corrected chi connectivity index (χ3v) is 2.80. The van der Waals surface area contributed by atoms with Gasteiger partial charge in [0.05, 0.1) is 6.10 Å². The Morgan fingerprint density at radius 2 is 1.93 bits per heavy atom. The standard InChI is InChI=1S/C11H17N3O/c1-9-12-6-10(7-13-9)8-14-4-2-11(15)3-5-14/h6-7,11,15H,2-5,8H2,1H3. The van der Waals surface area contributed by atoms with Crippen LogP contribution in [0.1, 0.15) is 24.2 Å². The van der Waals surface area contributed by atoms with Crippen LogP contribution in [0.25, 0.3) is 0 Å². The molecule has 1 fully saturated rings. The summed E-state index contributed by atoms with van der Waals surface area (Å²) in [6.07, 6.45) is 5.43. The van der Waals surface area contributed by atoms with Gasteiger partial charge in [0.1, 0.15) is 5.82 Å². The van der Waals surface area contributed by atoms with Gasteiger partial charge in [0.2, 0.25) is 0 Å². The van der Waals surface area contributed by atoms with Crippen molar-refractivity contribution < 1.29 is 5.11 Å². The van der Waals surface area contributed by atoms with Crippen LogP contribution in [0.2, 0.25) is 0 Å². The zero-order chi connectivity index (χ0) is 10.7. The summed E-state index contributed by atoms with van der Waals surface area (Å²) in [6, 6.07) is 0. The fourth-order valence-electron chi connectivity index (χ4n) is 1.84. The van der Waals surface area contributed by atoms with Gasteiger partial charge in [-0.15, -0.1) is 0 Å². The molecular formula is C11H17N3O. The minimum atomic E-state index is -0.101. The van der Waals surface area contributed by atoms with Crippen LogP contribution in [-0.2, 0) is 6.54 Å². The summed E-state index contributed by atoms with van der Waals surface area (Å²) >= 11 is 0. The number of aryl methyl sites for hydroxylation is 1. The number of aliphatic hydroxyl groups excluding tert-OH is 1. The minimum absolute atomic E-state index is 0.101. The van der Waals surface area contributed by atoms with Gasteiger partial charge in [0.15, 0.2) is 0 Å². The topological polar surface area (TPSA) is 49.2 Å². The molecular weight excluding hydrogens is 190 g/mol. The molecule has 0 amide bonds. The first-order chi connectivity index (χ1) is 7.24. The van der Waals surface area contributed by atoms with Gasteiger partial charge in [-0.2, -0.15) is 0 Å². The van der Waals surface area contributed by atoms with E-state index in [4.69, 9.17) is 0 Å². The Kier molecular flexibility index (Phi) is 3.28. The van der Waals surface area contributed by atoms with Gasteiger partial charge in [-0.1, -0.05) is 0 Å². The summed E-state index contributed by atoms with van der Waals surface area (Å²) in [4.78, 5) is 10.7. The van der Waals surface area contributed by atoms with E-state index < -0.39 is 0 Å². The van der Waals surface area contributed by atoms with E-state index in [0.29, 0.717) is 0 Å². The number of piperidine rings is 1. The molecule has 0 saturated carbocycles. The van der Waals surface area contributed by atoms with Crippen molar-refractivity contribution in [3.05, 3.63) is 23.8 Å². The van der Waals surface area contributed by atoms with Crippen LogP contribution in [0.15, 0.2) is 12.4 Å². The van der Waals surface area contributed by atoms with Crippen LogP contribution >= 0.6 is 0 Å². The van der Waals surface area contributed by atoms with Gasteiger partial charge < -0.3 is 5.11 Å². The number of nitrogens with zero attached hydrogens (tertiary/aromatic N) is 3. The largest absolute Gasteiger partial charge is 0.393 e. The third-order valence-electron chi connectivity index (χ3n) is 2.80. The summed E-state index contributed by atoms with van der Waals surface area (Å²) in [7, 11) is 0. The predicted octanol–water partition coefficient (Wildman–Crippen LogP) is 0.742. The number of rotatable bonds is 2. The summed E-state index contributed by atoms with van der Waals surface area (Å²) in [5.41, 5.74) is 1.15. The highest BCUT2D eigenvalue weighted by Crippen LogP contribution is 2.12. The van der Waals surface area contributed by atoms with Crippen LogP contribution in [0.5, 0.6) is 0 Å². The molecule has 1 saturated heterocycles. The van der Waals surface area contributed by atoms with Crippen molar-refractivity contribution >= 4 is 0 Å². The SMILES string of the molecule is Cc1ncc(CN2CCC(O)CC2)cn1. The number of aromatic nitrogens is 2. The van der Waals surface area contributed by atoms with E-state index in [-0.39, 0.29) is 6.10 Å². The molecule has 1 aromatic heterocycles. The molecule has 1 aromatic rings. The lowest BCUT2D eigenvalue weighted by Crippen LogP contribution is -2.35. The van der Waals surface area contributed by atoms with Gasteiger partial charge in [-0.05, 0) is 19.8 Å². The van der Waals surface area contributed by atoms with Crippen LogP contribution in [0.4, 0.5) is 0 Å². The second-order valence-corrected chi connectivity index (χ2v) is 4.15. The molecule has 0 aromatic carbocycles. The fraction of sp³-hybridized carbons (Fsp3) is 0.636. The van der Waals surface area contributed by atoms with E-state index in [1.54, 1.807) is 0 Å². The molecule has 15 heavy (non-hydrogen) atoms. The summed E-state index contributed by atoms with van der Waals surface area (Å²) in [6.45, 7) is 4.72. The lowest BCUT2D eigenvalue weighted by molar-refractivity contribution is 0.0791. The quantitative estimate of drug-likeness (QED) is 0.777. The fourth-order valence-corrected chi connectivity index (χ4v) is 1.84. The molecule has 1 N–H and O–H groups in total. The van der Waals surface area contributed by atoms with Crippen LogP contribution in [-0.4, -0.2) is 39.2 Å². The minimum Gasteiger partial charge on any atom is -0.393 e. The zero-order valence-corrected chi connectivity index (χ0v) is 9.06. The van der Waals surface area contributed by atoms with E-state index in [9.17, 15) is 5.11 Å². The average Bonchev–Trinajstić information content (AvgIpc) is 2.25. The molecule has 0 atom stereocenters. The van der Waals surface area contributed by atoms with Crippen molar-refractivity contribution in [3.63, 3.8) is 0 Å². The van der Waals surface area contributed by atoms with Gasteiger partial charge in [-0.3, -0.25) is 4.90 Å². The first-order valence-corrected chi connectivity index (χ1v) is 5.42. The summed E-state index contributed by atoms with van der Waals surface area (Å²) in [5.74, 6) is 0.813. The summed E-state index contributed by atoms with van der Waals surface area (Å²) < 4.78 is 0. The summed E-state index contributed by atoms with van der Waals surface area (Å²) in [5, 5.41) is 9.38. The van der Waals surface area contributed by atoms with E-state index in [0.717, 1.165) is 43.9 Å². The molecule has 4 nitrogen and oxygen atoms in total. The predicted molar refractivity (Wildman–Crippen MR) is 57.3 cm³/mol. The molecule has 0 aliphatic carbocycles. The first kappa shape index (κ1) is 10.5. The smallest absolute Gasteiger partial charge is 0.125 e. The second-order valence-electron chi connectivity index (χ2n) is 4.15. The monoisotopic (exact) mass is 207 g/mol. The van der Waals surface area contributed by atoms with E-state index in [2.05, 4.69) is 14.9 Å². The first-order valence-electron chi connectivity index (χ1n) is 5.42. The van der Waals surface area contributed by atoms with Crippen molar-refractivity contribution in [2.45, 2.75) is 32.4 Å². The Bertz CT molecular complexity index is 304. The zero-order valence-electron chi connectivity index (χ0n) is 9.06. The maximum atomic E-state index is 9.38. The molecule has 2 heterocycles. The number of hydrogen-bond donors (Lipinski definition) is 1. The lowest BCUT2D eigenvalue weighted by atomic mass is 10.1. The Hall–Kier alpha value is -1.00. The molecule has 0 radical (unpaired) electrons. The highest BCUT2D eigenvalue weighted by molar-refractivity contribution is 5.04. The second kappa shape index (κ2) is 4.68. The Morgan fingerprint density at radius 1 is 1.33 bits per heavy atom. The van der Waals surface area contributed by atoms with Crippen molar-refractivity contribution in [1.29, 1.82) is 0 Å². The van der Waals surface area contributed by atoms with Crippen molar-refractivity contribution in [2.24, 2.45) is 0 Å². The molecule has 0 spiro atoms. The molecule has 1 aliphatic heterocycles. The normalized spacial score (nSPS) is 19.3.